The van der Waals surface area contributed by atoms with E-state index in [-0.39, 0.29) is 0 Å². The minimum atomic E-state index is -3.60. The summed E-state index contributed by atoms with van der Waals surface area (Å²) >= 11 is 0. The van der Waals surface area contributed by atoms with E-state index in [0.29, 0.717) is 12.8 Å². The zero-order valence-corrected chi connectivity index (χ0v) is 11.6. The highest BCUT2D eigenvalue weighted by Crippen LogP contribution is 2.25. The number of rotatable bonds is 4. The molecule has 0 bridgehead atoms. The Kier molecular flexibility index (Phi) is 4.94. The first-order chi connectivity index (χ1) is 7.67. The molecule has 0 aliphatic heterocycles. The highest BCUT2D eigenvalue weighted by atomic mass is 32.2. The molecule has 1 saturated carbocycles. The van der Waals surface area contributed by atoms with Crippen LogP contribution < -0.4 is 0 Å². The molecule has 0 aromatic heterocycles. The van der Waals surface area contributed by atoms with Crippen molar-refractivity contribution in [2.24, 2.45) is 0 Å². The van der Waals surface area contributed by atoms with Gasteiger partial charge in [-0.25, -0.2) is 0 Å². The predicted octanol–water partition coefficient (Wildman–Crippen LogP) is 0.640. The monoisotopic (exact) mass is 286 g/mol. The molecule has 0 radical (unpaired) electrons. The van der Waals surface area contributed by atoms with E-state index in [1.165, 1.54) is 0 Å². The van der Waals surface area contributed by atoms with Gasteiger partial charge in [0.05, 0.1) is 12.5 Å². The molecule has 1 fully saturated rings. The Labute approximate surface area is 103 Å². The van der Waals surface area contributed by atoms with E-state index in [1.54, 1.807) is 0 Å². The van der Waals surface area contributed by atoms with Crippen molar-refractivity contribution in [3.8, 4) is 0 Å². The molecule has 6 nitrogen and oxygen atoms in total. The van der Waals surface area contributed by atoms with Gasteiger partial charge in [0, 0.05) is 0 Å². The third-order valence-electron chi connectivity index (χ3n) is 2.49. The summed E-state index contributed by atoms with van der Waals surface area (Å²) in [6.07, 6.45) is 4.02. The van der Waals surface area contributed by atoms with Crippen LogP contribution in [0.3, 0.4) is 0 Å². The van der Waals surface area contributed by atoms with Gasteiger partial charge in [0.2, 0.25) is 0 Å². The lowest BCUT2D eigenvalue weighted by molar-refractivity contribution is 0.0591. The van der Waals surface area contributed by atoms with Gasteiger partial charge in [-0.3, -0.25) is 8.37 Å². The van der Waals surface area contributed by atoms with E-state index in [9.17, 15) is 16.8 Å². The standard InChI is InChI=1S/C9H18O6S2/c1-16(10,11)14-8-6-4-3-5-7-9(8)15-17(2,12)13/h8-9H,3-7H2,1-2H3/t8-,9+. The summed E-state index contributed by atoms with van der Waals surface area (Å²) in [5.41, 5.74) is 0. The van der Waals surface area contributed by atoms with Crippen molar-refractivity contribution >= 4 is 20.2 Å². The Morgan fingerprint density at radius 3 is 1.41 bits per heavy atom. The maximum Gasteiger partial charge on any atom is 0.264 e. The van der Waals surface area contributed by atoms with Gasteiger partial charge < -0.3 is 0 Å². The summed E-state index contributed by atoms with van der Waals surface area (Å²) in [6, 6.07) is 0. The van der Waals surface area contributed by atoms with Crippen LogP contribution in [0.1, 0.15) is 32.1 Å². The first-order valence-electron chi connectivity index (χ1n) is 5.44. The van der Waals surface area contributed by atoms with Crippen LogP contribution >= 0.6 is 0 Å². The molecule has 0 unspecified atom stereocenters. The van der Waals surface area contributed by atoms with E-state index in [4.69, 9.17) is 8.37 Å². The van der Waals surface area contributed by atoms with Crippen molar-refractivity contribution in [2.75, 3.05) is 12.5 Å². The lowest BCUT2D eigenvalue weighted by Gasteiger charge is -2.22. The van der Waals surface area contributed by atoms with Gasteiger partial charge in [0.1, 0.15) is 12.2 Å². The molecular weight excluding hydrogens is 268 g/mol. The van der Waals surface area contributed by atoms with Crippen molar-refractivity contribution in [2.45, 2.75) is 44.3 Å². The van der Waals surface area contributed by atoms with Crippen molar-refractivity contribution in [1.29, 1.82) is 0 Å². The lowest BCUT2D eigenvalue weighted by Crippen LogP contribution is -2.34. The van der Waals surface area contributed by atoms with Crippen molar-refractivity contribution in [3.63, 3.8) is 0 Å². The maximum atomic E-state index is 11.1. The third-order valence-corrected chi connectivity index (χ3v) is 3.68. The molecule has 1 rings (SSSR count). The molecular formula is C9H18O6S2. The van der Waals surface area contributed by atoms with Crippen LogP contribution in [0.5, 0.6) is 0 Å². The summed E-state index contributed by atoms with van der Waals surface area (Å²) < 4.78 is 54.2. The molecule has 1 aliphatic carbocycles. The van der Waals surface area contributed by atoms with E-state index in [0.717, 1.165) is 31.8 Å². The fraction of sp³-hybridized carbons (Fsp3) is 1.00. The van der Waals surface area contributed by atoms with Crippen LogP contribution in [0, 0.1) is 0 Å². The van der Waals surface area contributed by atoms with Crippen LogP contribution in [0.25, 0.3) is 0 Å². The second-order valence-corrected chi connectivity index (χ2v) is 7.52. The predicted molar refractivity (Wildman–Crippen MR) is 62.5 cm³/mol. The zero-order valence-electron chi connectivity index (χ0n) is 9.96. The van der Waals surface area contributed by atoms with Crippen molar-refractivity contribution in [3.05, 3.63) is 0 Å². The van der Waals surface area contributed by atoms with Crippen LogP contribution in [0.2, 0.25) is 0 Å². The van der Waals surface area contributed by atoms with Crippen LogP contribution in [0.4, 0.5) is 0 Å². The van der Waals surface area contributed by atoms with Gasteiger partial charge in [-0.05, 0) is 12.8 Å². The molecule has 17 heavy (non-hydrogen) atoms. The Bertz CT molecular complexity index is 396. The van der Waals surface area contributed by atoms with E-state index in [1.807, 2.05) is 0 Å². The first-order valence-corrected chi connectivity index (χ1v) is 9.07. The van der Waals surface area contributed by atoms with E-state index in [2.05, 4.69) is 0 Å². The fourth-order valence-corrected chi connectivity index (χ4v) is 3.25. The topological polar surface area (TPSA) is 86.7 Å². The number of hydrogen-bond acceptors (Lipinski definition) is 6. The van der Waals surface area contributed by atoms with Gasteiger partial charge in [-0.2, -0.15) is 16.8 Å². The molecule has 0 amide bonds. The third kappa shape index (κ3) is 6.35. The lowest BCUT2D eigenvalue weighted by atomic mass is 10.1. The van der Waals surface area contributed by atoms with Gasteiger partial charge in [-0.1, -0.05) is 19.3 Å². The summed E-state index contributed by atoms with van der Waals surface area (Å²) in [6.45, 7) is 0. The quantitative estimate of drug-likeness (QED) is 0.557. The molecule has 2 atom stereocenters. The van der Waals surface area contributed by atoms with Crippen LogP contribution in [0.15, 0.2) is 0 Å². The SMILES string of the molecule is CS(=O)(=O)O[C@H]1CCCCC[C@H]1OS(C)(=O)=O. The summed E-state index contributed by atoms with van der Waals surface area (Å²) in [7, 11) is -7.21. The Balaban J connectivity index is 2.79. The van der Waals surface area contributed by atoms with Gasteiger partial charge in [-0.15, -0.1) is 0 Å². The molecule has 0 saturated heterocycles. The molecule has 0 N–H and O–H groups in total. The van der Waals surface area contributed by atoms with E-state index >= 15 is 0 Å². The smallest absolute Gasteiger partial charge is 0.264 e. The average Bonchev–Trinajstić information content (AvgIpc) is 2.27. The normalized spacial score (nSPS) is 27.6. The summed E-state index contributed by atoms with van der Waals surface area (Å²) in [5.74, 6) is 0. The Hall–Kier alpha value is -0.180. The molecule has 1 aliphatic rings. The number of hydrogen-bond donors (Lipinski definition) is 0. The first kappa shape index (κ1) is 14.9. The minimum absolute atomic E-state index is 0.493. The highest BCUT2D eigenvalue weighted by Gasteiger charge is 2.30. The Morgan fingerprint density at radius 2 is 1.12 bits per heavy atom. The molecule has 0 heterocycles. The van der Waals surface area contributed by atoms with Crippen molar-refractivity contribution in [1.82, 2.24) is 0 Å². The van der Waals surface area contributed by atoms with Gasteiger partial charge in [0.25, 0.3) is 20.2 Å². The molecule has 0 spiro atoms. The van der Waals surface area contributed by atoms with Gasteiger partial charge in [0.15, 0.2) is 0 Å². The second kappa shape index (κ2) is 5.64. The molecule has 8 heteroatoms. The largest absolute Gasteiger partial charge is 0.264 e. The van der Waals surface area contributed by atoms with Crippen LogP contribution in [-0.4, -0.2) is 41.6 Å². The second-order valence-electron chi connectivity index (χ2n) is 4.32. The van der Waals surface area contributed by atoms with E-state index < -0.39 is 32.4 Å². The molecule has 102 valence electrons. The molecule has 0 aromatic rings. The molecule has 0 aromatic carbocycles. The summed E-state index contributed by atoms with van der Waals surface area (Å²) in [5, 5.41) is 0. The maximum absolute atomic E-state index is 11.1. The van der Waals surface area contributed by atoms with Crippen molar-refractivity contribution < 1.29 is 25.2 Å². The van der Waals surface area contributed by atoms with Gasteiger partial charge >= 0.3 is 0 Å². The highest BCUT2D eigenvalue weighted by molar-refractivity contribution is 7.86. The average molecular weight is 286 g/mol. The zero-order chi connectivity index (χ0) is 13.1. The minimum Gasteiger partial charge on any atom is -0.264 e. The van der Waals surface area contributed by atoms with Crippen LogP contribution in [-0.2, 0) is 28.6 Å². The summed E-state index contributed by atoms with van der Waals surface area (Å²) in [4.78, 5) is 0. The fourth-order valence-electron chi connectivity index (χ4n) is 1.91. The Morgan fingerprint density at radius 1 is 0.765 bits per heavy atom.